The fraction of sp³-hybridized carbons (Fsp3) is 0.800. The van der Waals surface area contributed by atoms with Crippen LogP contribution in [0.15, 0.2) is 0 Å². The number of carbonyl (C=O) groups is 3. The zero-order valence-electron chi connectivity index (χ0n) is 12.6. The lowest BCUT2D eigenvalue weighted by Gasteiger charge is -2.26. The Balaban J connectivity index is 1.91. The van der Waals surface area contributed by atoms with Crippen LogP contribution in [0.1, 0.15) is 38.5 Å². The monoisotopic (exact) mass is 329 g/mol. The number of carbonyl (C=O) groups excluding carboxylic acids is 3. The Morgan fingerprint density at radius 3 is 2.64 bits per heavy atom. The van der Waals surface area contributed by atoms with E-state index in [2.05, 4.69) is 10.6 Å². The van der Waals surface area contributed by atoms with Gasteiger partial charge in [0.25, 0.3) is 0 Å². The highest BCUT2D eigenvalue weighted by molar-refractivity contribution is 6.28. The van der Waals surface area contributed by atoms with E-state index in [4.69, 9.17) is 17.3 Å². The summed E-state index contributed by atoms with van der Waals surface area (Å²) >= 11 is 5.63. The summed E-state index contributed by atoms with van der Waals surface area (Å²) in [5.41, 5.74) is 5.87. The lowest BCUT2D eigenvalue weighted by atomic mass is 9.90. The number of amides is 2. The molecule has 1 heterocycles. The molecule has 1 saturated heterocycles. The molecule has 2 fully saturated rings. The van der Waals surface area contributed by atoms with E-state index < -0.39 is 12.1 Å². The van der Waals surface area contributed by atoms with Gasteiger partial charge in [-0.2, -0.15) is 0 Å². The molecular weight excluding hydrogens is 306 g/mol. The van der Waals surface area contributed by atoms with Gasteiger partial charge in [-0.15, -0.1) is 11.6 Å². The van der Waals surface area contributed by atoms with Crippen LogP contribution in [0.3, 0.4) is 0 Å². The van der Waals surface area contributed by atoms with Crippen LogP contribution in [-0.4, -0.2) is 42.1 Å². The number of ketones is 1. The summed E-state index contributed by atoms with van der Waals surface area (Å²) in [5, 5.41) is 5.47. The van der Waals surface area contributed by atoms with Crippen molar-refractivity contribution in [2.75, 3.05) is 12.4 Å². The van der Waals surface area contributed by atoms with Crippen molar-refractivity contribution in [2.24, 2.45) is 17.6 Å². The average Bonchev–Trinajstić information content (AvgIpc) is 3.31. The first-order chi connectivity index (χ1) is 10.5. The molecule has 1 aliphatic heterocycles. The van der Waals surface area contributed by atoms with Crippen molar-refractivity contribution in [1.29, 1.82) is 0 Å². The van der Waals surface area contributed by atoms with Gasteiger partial charge in [0.05, 0.1) is 18.0 Å². The zero-order chi connectivity index (χ0) is 16.1. The number of hydrogen-bond acceptors (Lipinski definition) is 4. The molecule has 2 aliphatic rings. The molecular formula is C15H24ClN3O3. The number of nitrogens with one attached hydrogen (secondary N) is 2. The Morgan fingerprint density at radius 2 is 2.05 bits per heavy atom. The van der Waals surface area contributed by atoms with E-state index in [1.54, 1.807) is 0 Å². The maximum Gasteiger partial charge on any atom is 0.237 e. The highest BCUT2D eigenvalue weighted by Crippen LogP contribution is 2.33. The van der Waals surface area contributed by atoms with Crippen LogP contribution < -0.4 is 16.4 Å². The summed E-state index contributed by atoms with van der Waals surface area (Å²) in [7, 11) is 0. The molecule has 1 saturated carbocycles. The van der Waals surface area contributed by atoms with Gasteiger partial charge in [-0.1, -0.05) is 12.8 Å². The van der Waals surface area contributed by atoms with Crippen LogP contribution in [0.5, 0.6) is 0 Å². The van der Waals surface area contributed by atoms with E-state index in [1.807, 2.05) is 0 Å². The fourth-order valence-electron chi connectivity index (χ4n) is 2.81. The lowest BCUT2D eigenvalue weighted by molar-refractivity contribution is -0.130. The van der Waals surface area contributed by atoms with Crippen molar-refractivity contribution < 1.29 is 14.4 Å². The maximum absolute atomic E-state index is 12.1. The Morgan fingerprint density at radius 1 is 1.32 bits per heavy atom. The van der Waals surface area contributed by atoms with Crippen LogP contribution in [0.2, 0.25) is 0 Å². The summed E-state index contributed by atoms with van der Waals surface area (Å²) in [6, 6.07) is -1.33. The molecule has 0 bridgehead atoms. The third-order valence-electron chi connectivity index (χ3n) is 4.38. The first-order valence-corrected chi connectivity index (χ1v) is 8.47. The number of alkyl halides is 1. The summed E-state index contributed by atoms with van der Waals surface area (Å²) in [6.07, 6.45) is 4.78. The van der Waals surface area contributed by atoms with Gasteiger partial charge < -0.3 is 16.4 Å². The van der Waals surface area contributed by atoms with Gasteiger partial charge in [-0.3, -0.25) is 14.4 Å². The highest BCUT2D eigenvalue weighted by atomic mass is 35.5. The van der Waals surface area contributed by atoms with Gasteiger partial charge >= 0.3 is 0 Å². The molecule has 0 aromatic rings. The Hall–Kier alpha value is -1.14. The van der Waals surface area contributed by atoms with E-state index >= 15 is 0 Å². The molecule has 1 aliphatic carbocycles. The quantitative estimate of drug-likeness (QED) is 0.558. The molecule has 2 amide bonds. The van der Waals surface area contributed by atoms with Crippen molar-refractivity contribution in [1.82, 2.24) is 10.6 Å². The third kappa shape index (κ3) is 4.95. The maximum atomic E-state index is 12.1. The molecule has 0 aromatic carbocycles. The molecule has 3 atom stereocenters. The van der Waals surface area contributed by atoms with Gasteiger partial charge in [0.1, 0.15) is 0 Å². The minimum Gasteiger partial charge on any atom is -0.356 e. The third-order valence-corrected chi connectivity index (χ3v) is 4.64. The van der Waals surface area contributed by atoms with Crippen molar-refractivity contribution in [3.8, 4) is 0 Å². The molecule has 2 rings (SSSR count). The minimum absolute atomic E-state index is 0.0600. The molecule has 0 spiro atoms. The summed E-state index contributed by atoms with van der Waals surface area (Å²) in [6.45, 7) is 0.669. The van der Waals surface area contributed by atoms with Gasteiger partial charge in [0, 0.05) is 12.5 Å². The molecule has 124 valence electrons. The van der Waals surface area contributed by atoms with Crippen molar-refractivity contribution in [2.45, 2.75) is 50.6 Å². The number of halogens is 1. The normalized spacial score (nSPS) is 24.3. The molecule has 4 N–H and O–H groups in total. The standard InChI is InChI=1S/C15H24ClN3O3/c16-8-13(20)12(7-10-2-1-5-18-14(10)21)19-15(22)11(17)6-9-3-4-9/h9-12H,1-8,17H2,(H,18,21)(H,19,22)/t10-,11-,12-/m0/s1. The van der Waals surface area contributed by atoms with Crippen molar-refractivity contribution in [3.05, 3.63) is 0 Å². The number of piperidine rings is 1. The minimum atomic E-state index is -0.732. The number of nitrogens with two attached hydrogens (primary N) is 1. The van der Waals surface area contributed by atoms with E-state index in [9.17, 15) is 14.4 Å². The van der Waals surface area contributed by atoms with E-state index in [1.165, 1.54) is 0 Å². The summed E-state index contributed by atoms with van der Waals surface area (Å²) < 4.78 is 0. The lowest BCUT2D eigenvalue weighted by Crippen LogP contribution is -2.51. The number of hydrogen-bond donors (Lipinski definition) is 3. The Labute approximate surface area is 135 Å². The first kappa shape index (κ1) is 17.2. The largest absolute Gasteiger partial charge is 0.356 e. The van der Waals surface area contributed by atoms with Crippen LogP contribution in [0.25, 0.3) is 0 Å². The Kier molecular flexibility index (Phi) is 6.20. The SMILES string of the molecule is N[C@@H](CC1CC1)C(=O)N[C@@H](C[C@@H]1CCCNC1=O)C(=O)CCl. The molecule has 0 unspecified atom stereocenters. The highest BCUT2D eigenvalue weighted by Gasteiger charge is 2.32. The summed E-state index contributed by atoms with van der Waals surface area (Å²) in [4.78, 5) is 35.9. The smallest absolute Gasteiger partial charge is 0.237 e. The number of Topliss-reactive ketones (excluding diaryl/α,β-unsaturated/α-hetero) is 1. The average molecular weight is 330 g/mol. The topological polar surface area (TPSA) is 101 Å². The van der Waals surface area contributed by atoms with E-state index in [0.29, 0.717) is 25.3 Å². The fourth-order valence-corrected chi connectivity index (χ4v) is 2.99. The molecule has 7 heteroatoms. The van der Waals surface area contributed by atoms with Crippen molar-refractivity contribution >= 4 is 29.2 Å². The molecule has 0 aromatic heterocycles. The van der Waals surface area contributed by atoms with E-state index in [-0.39, 0.29) is 29.4 Å². The van der Waals surface area contributed by atoms with Crippen molar-refractivity contribution in [3.63, 3.8) is 0 Å². The number of rotatable bonds is 8. The van der Waals surface area contributed by atoms with Gasteiger partial charge in [-0.25, -0.2) is 0 Å². The van der Waals surface area contributed by atoms with Crippen LogP contribution >= 0.6 is 11.6 Å². The second-order valence-corrected chi connectivity index (χ2v) is 6.58. The molecule has 22 heavy (non-hydrogen) atoms. The Bertz CT molecular complexity index is 440. The van der Waals surface area contributed by atoms with Gasteiger partial charge in [0.2, 0.25) is 11.8 Å². The van der Waals surface area contributed by atoms with Crippen LogP contribution in [-0.2, 0) is 14.4 Å². The predicted octanol–water partition coefficient (Wildman–Crippen LogP) is 0.323. The molecule has 0 radical (unpaired) electrons. The first-order valence-electron chi connectivity index (χ1n) is 7.93. The summed E-state index contributed by atoms with van der Waals surface area (Å²) in [5.74, 6) is -0.566. The zero-order valence-corrected chi connectivity index (χ0v) is 13.4. The van der Waals surface area contributed by atoms with Gasteiger partial charge in [-0.05, 0) is 31.6 Å². The second kappa shape index (κ2) is 7.92. The van der Waals surface area contributed by atoms with Crippen LogP contribution in [0.4, 0.5) is 0 Å². The second-order valence-electron chi connectivity index (χ2n) is 6.31. The van der Waals surface area contributed by atoms with Crippen LogP contribution in [0, 0.1) is 11.8 Å². The predicted molar refractivity (Wildman–Crippen MR) is 83.3 cm³/mol. The van der Waals surface area contributed by atoms with E-state index in [0.717, 1.165) is 25.7 Å². The molecule has 6 nitrogen and oxygen atoms in total. The van der Waals surface area contributed by atoms with Gasteiger partial charge in [0.15, 0.2) is 5.78 Å².